The second-order valence-electron chi connectivity index (χ2n) is 3.38. The van der Waals surface area contributed by atoms with Crippen molar-refractivity contribution in [2.75, 3.05) is 24.2 Å². The predicted molar refractivity (Wildman–Crippen MR) is 70.0 cm³/mol. The van der Waals surface area contributed by atoms with E-state index in [0.29, 0.717) is 17.0 Å². The van der Waals surface area contributed by atoms with Gasteiger partial charge in [0.25, 0.3) is 0 Å². The Hall–Kier alpha value is -1.71. The van der Waals surface area contributed by atoms with Crippen molar-refractivity contribution in [3.63, 3.8) is 0 Å². The van der Waals surface area contributed by atoms with Crippen LogP contribution < -0.4 is 9.46 Å². The van der Waals surface area contributed by atoms with Gasteiger partial charge in [-0.25, -0.2) is 8.42 Å². The number of rotatable bonds is 4. The highest BCUT2D eigenvalue weighted by atomic mass is 32.2. The lowest BCUT2D eigenvalue weighted by atomic mass is 10.2. The Labute approximate surface area is 107 Å². The van der Waals surface area contributed by atoms with Crippen LogP contribution in [0.5, 0.6) is 5.75 Å². The van der Waals surface area contributed by atoms with Crippen LogP contribution in [0.3, 0.4) is 0 Å². The van der Waals surface area contributed by atoms with Crippen LogP contribution in [0, 0.1) is 11.8 Å². The van der Waals surface area contributed by atoms with E-state index in [1.807, 2.05) is 0 Å². The molecule has 0 fully saturated rings. The maximum atomic E-state index is 11.5. The fraction of sp³-hybridized carbons (Fsp3) is 0.333. The summed E-state index contributed by atoms with van der Waals surface area (Å²) in [6, 6.07) is 4.87. The lowest BCUT2D eigenvalue weighted by Crippen LogP contribution is -2.15. The summed E-state index contributed by atoms with van der Waals surface area (Å²) in [5.74, 6) is 5.59. The minimum atomic E-state index is -3.37. The smallest absolute Gasteiger partial charge is 0.232 e. The fourth-order valence-electron chi connectivity index (χ4n) is 1.25. The molecular formula is C12H15NO4S. The summed E-state index contributed by atoms with van der Waals surface area (Å²) < 4.78 is 30.5. The zero-order chi connectivity index (χ0) is 13.6. The van der Waals surface area contributed by atoms with E-state index in [0.717, 1.165) is 0 Å². The molecule has 0 aromatic heterocycles. The van der Waals surface area contributed by atoms with Gasteiger partial charge in [-0.1, -0.05) is 11.8 Å². The van der Waals surface area contributed by atoms with E-state index in [2.05, 4.69) is 16.6 Å². The molecule has 98 valence electrons. The van der Waals surface area contributed by atoms with Gasteiger partial charge in [-0.05, 0) is 25.1 Å². The van der Waals surface area contributed by atoms with Crippen LogP contribution >= 0.6 is 0 Å². The third-order valence-corrected chi connectivity index (χ3v) is 3.45. The molecule has 1 aromatic rings. The predicted octanol–water partition coefficient (Wildman–Crippen LogP) is 0.801. The third-order valence-electron chi connectivity index (χ3n) is 2.16. The molecule has 0 amide bonds. The Bertz CT molecular complexity index is 569. The average molecular weight is 269 g/mol. The number of hydrogen-bond donors (Lipinski definition) is 2. The standard InChI is InChI=1S/C12H15NO4S/c1-3-18(15,16)13-11-9-10(5-4-8-14)6-7-12(11)17-2/h6-7,9,13-14H,3,8H2,1-2H3. The summed E-state index contributed by atoms with van der Waals surface area (Å²) in [6.45, 7) is 1.30. The number of ether oxygens (including phenoxy) is 1. The first-order valence-electron chi connectivity index (χ1n) is 5.30. The van der Waals surface area contributed by atoms with E-state index < -0.39 is 10.0 Å². The van der Waals surface area contributed by atoms with E-state index in [9.17, 15) is 8.42 Å². The molecule has 1 aromatic carbocycles. The molecule has 0 spiro atoms. The number of aliphatic hydroxyl groups is 1. The Kier molecular flexibility index (Phi) is 5.01. The molecule has 0 atom stereocenters. The van der Waals surface area contributed by atoms with Gasteiger partial charge in [0.05, 0.1) is 18.6 Å². The van der Waals surface area contributed by atoms with Crippen molar-refractivity contribution in [1.82, 2.24) is 0 Å². The summed E-state index contributed by atoms with van der Waals surface area (Å²) >= 11 is 0. The molecule has 5 nitrogen and oxygen atoms in total. The van der Waals surface area contributed by atoms with Crippen LogP contribution in [0.2, 0.25) is 0 Å². The molecule has 0 saturated carbocycles. The van der Waals surface area contributed by atoms with Crippen molar-refractivity contribution in [3.05, 3.63) is 23.8 Å². The Morgan fingerprint density at radius 1 is 1.44 bits per heavy atom. The fourth-order valence-corrected chi connectivity index (χ4v) is 1.89. The van der Waals surface area contributed by atoms with Crippen LogP contribution in [-0.4, -0.2) is 33.0 Å². The van der Waals surface area contributed by atoms with E-state index in [4.69, 9.17) is 9.84 Å². The number of aliphatic hydroxyl groups excluding tert-OH is 1. The van der Waals surface area contributed by atoms with Crippen LogP contribution in [0.1, 0.15) is 12.5 Å². The van der Waals surface area contributed by atoms with Gasteiger partial charge in [-0.2, -0.15) is 0 Å². The Morgan fingerprint density at radius 2 is 2.17 bits per heavy atom. The van der Waals surface area contributed by atoms with E-state index in [1.54, 1.807) is 25.1 Å². The molecule has 6 heteroatoms. The molecule has 0 aliphatic heterocycles. The number of hydrogen-bond acceptors (Lipinski definition) is 4. The van der Waals surface area contributed by atoms with Crippen molar-refractivity contribution in [2.45, 2.75) is 6.92 Å². The van der Waals surface area contributed by atoms with Crippen LogP contribution in [0.25, 0.3) is 0 Å². The number of anilines is 1. The van der Waals surface area contributed by atoms with E-state index in [-0.39, 0.29) is 12.4 Å². The number of nitrogens with one attached hydrogen (secondary N) is 1. The van der Waals surface area contributed by atoms with Crippen LogP contribution in [0.15, 0.2) is 18.2 Å². The molecule has 1 rings (SSSR count). The first-order chi connectivity index (χ1) is 8.52. The highest BCUT2D eigenvalue weighted by Crippen LogP contribution is 2.26. The van der Waals surface area contributed by atoms with Crippen LogP contribution in [0.4, 0.5) is 5.69 Å². The molecule has 0 bridgehead atoms. The number of benzene rings is 1. The number of sulfonamides is 1. The molecular weight excluding hydrogens is 254 g/mol. The second kappa shape index (κ2) is 6.28. The van der Waals surface area contributed by atoms with Crippen LogP contribution in [-0.2, 0) is 10.0 Å². The zero-order valence-electron chi connectivity index (χ0n) is 10.2. The third kappa shape index (κ3) is 3.95. The van der Waals surface area contributed by atoms with Gasteiger partial charge in [-0.15, -0.1) is 0 Å². The minimum absolute atomic E-state index is 0.0251. The van der Waals surface area contributed by atoms with Gasteiger partial charge in [0.2, 0.25) is 10.0 Å². The highest BCUT2D eigenvalue weighted by molar-refractivity contribution is 7.92. The average Bonchev–Trinajstić information content (AvgIpc) is 2.36. The summed E-state index contributed by atoms with van der Waals surface area (Å²) in [5.41, 5.74) is 0.933. The molecule has 0 aliphatic carbocycles. The summed E-state index contributed by atoms with van der Waals surface area (Å²) in [7, 11) is -1.91. The van der Waals surface area contributed by atoms with E-state index >= 15 is 0 Å². The Morgan fingerprint density at radius 3 is 2.72 bits per heavy atom. The van der Waals surface area contributed by atoms with Gasteiger partial charge in [0.15, 0.2) is 0 Å². The lowest BCUT2D eigenvalue weighted by Gasteiger charge is -2.11. The molecule has 0 radical (unpaired) electrons. The summed E-state index contributed by atoms with van der Waals surface area (Å²) in [6.07, 6.45) is 0. The van der Waals surface area contributed by atoms with Crippen molar-refractivity contribution in [2.24, 2.45) is 0 Å². The Balaban J connectivity index is 3.14. The van der Waals surface area contributed by atoms with Gasteiger partial charge in [0.1, 0.15) is 12.4 Å². The normalized spacial score (nSPS) is 10.4. The van der Waals surface area contributed by atoms with E-state index in [1.165, 1.54) is 7.11 Å². The molecule has 2 N–H and O–H groups in total. The topological polar surface area (TPSA) is 75.6 Å². The molecule has 0 saturated heterocycles. The van der Waals surface area contributed by atoms with Gasteiger partial charge in [0, 0.05) is 5.56 Å². The zero-order valence-corrected chi connectivity index (χ0v) is 11.0. The van der Waals surface area contributed by atoms with Crippen molar-refractivity contribution >= 4 is 15.7 Å². The highest BCUT2D eigenvalue weighted by Gasteiger charge is 2.11. The maximum absolute atomic E-state index is 11.5. The lowest BCUT2D eigenvalue weighted by molar-refractivity contribution is 0.350. The maximum Gasteiger partial charge on any atom is 0.232 e. The quantitative estimate of drug-likeness (QED) is 0.793. The van der Waals surface area contributed by atoms with Gasteiger partial charge >= 0.3 is 0 Å². The molecule has 18 heavy (non-hydrogen) atoms. The first kappa shape index (κ1) is 14.4. The SMILES string of the molecule is CCS(=O)(=O)Nc1cc(C#CCO)ccc1OC. The molecule has 0 aliphatic rings. The second-order valence-corrected chi connectivity index (χ2v) is 5.39. The molecule has 0 heterocycles. The number of methoxy groups -OCH3 is 1. The van der Waals surface area contributed by atoms with Crippen molar-refractivity contribution in [1.29, 1.82) is 0 Å². The van der Waals surface area contributed by atoms with Crippen molar-refractivity contribution in [3.8, 4) is 17.6 Å². The summed E-state index contributed by atoms with van der Waals surface area (Å²) in [5, 5.41) is 8.61. The first-order valence-corrected chi connectivity index (χ1v) is 6.96. The minimum Gasteiger partial charge on any atom is -0.495 e. The largest absolute Gasteiger partial charge is 0.495 e. The van der Waals surface area contributed by atoms with Gasteiger partial charge in [-0.3, -0.25) is 4.72 Å². The van der Waals surface area contributed by atoms with Gasteiger partial charge < -0.3 is 9.84 Å². The van der Waals surface area contributed by atoms with Crippen molar-refractivity contribution < 1.29 is 18.3 Å². The summed E-state index contributed by atoms with van der Waals surface area (Å²) in [4.78, 5) is 0. The molecule has 0 unspecified atom stereocenters. The monoisotopic (exact) mass is 269 g/mol.